The highest BCUT2D eigenvalue weighted by atomic mass is 16.1. The average Bonchev–Trinajstić information content (AvgIpc) is 3.22. The number of likely N-dealkylation sites (tertiary alicyclic amines) is 1. The lowest BCUT2D eigenvalue weighted by molar-refractivity contribution is -0.126. The largest absolute Gasteiger partial charge is 0.368 e. The number of carbonyl (C=O) groups is 1. The van der Waals surface area contributed by atoms with E-state index in [0.29, 0.717) is 5.92 Å². The van der Waals surface area contributed by atoms with Gasteiger partial charge < -0.3 is 16.0 Å². The average molecular weight is 267 g/mol. The number of primary amides is 1. The molecule has 1 heterocycles. The number of hydrogen-bond acceptors (Lipinski definition) is 3. The summed E-state index contributed by atoms with van der Waals surface area (Å²) >= 11 is 0. The van der Waals surface area contributed by atoms with Crippen molar-refractivity contribution in [2.45, 2.75) is 51.5 Å². The van der Waals surface area contributed by atoms with Gasteiger partial charge in [0.2, 0.25) is 5.91 Å². The van der Waals surface area contributed by atoms with E-state index in [-0.39, 0.29) is 5.91 Å². The molecule has 1 aliphatic carbocycles. The van der Waals surface area contributed by atoms with Crippen LogP contribution in [0.15, 0.2) is 0 Å². The Kier molecular flexibility index (Phi) is 4.85. The highest BCUT2D eigenvalue weighted by Gasteiger charge is 2.50. The van der Waals surface area contributed by atoms with Crippen LogP contribution in [0.4, 0.5) is 0 Å². The van der Waals surface area contributed by atoms with Crippen molar-refractivity contribution >= 4 is 5.91 Å². The van der Waals surface area contributed by atoms with E-state index < -0.39 is 5.54 Å². The Hall–Kier alpha value is -0.610. The minimum atomic E-state index is -0.482. The van der Waals surface area contributed by atoms with Gasteiger partial charge in [-0.15, -0.1) is 0 Å². The summed E-state index contributed by atoms with van der Waals surface area (Å²) in [6, 6.07) is 0. The van der Waals surface area contributed by atoms with E-state index in [0.717, 1.165) is 44.9 Å². The van der Waals surface area contributed by atoms with Crippen molar-refractivity contribution in [1.82, 2.24) is 10.2 Å². The molecule has 4 nitrogen and oxygen atoms in total. The first kappa shape index (κ1) is 14.8. The lowest BCUT2D eigenvalue weighted by atomic mass is 9.88. The molecule has 19 heavy (non-hydrogen) atoms. The quantitative estimate of drug-likeness (QED) is 0.732. The van der Waals surface area contributed by atoms with Crippen LogP contribution in [0.2, 0.25) is 0 Å². The van der Waals surface area contributed by atoms with Crippen LogP contribution < -0.4 is 11.1 Å². The molecular weight excluding hydrogens is 238 g/mol. The lowest BCUT2D eigenvalue weighted by Crippen LogP contribution is -2.63. The number of amides is 1. The van der Waals surface area contributed by atoms with Crippen LogP contribution in [0.3, 0.4) is 0 Å². The van der Waals surface area contributed by atoms with Crippen molar-refractivity contribution in [3.8, 4) is 0 Å². The number of likely N-dealkylation sites (N-methyl/N-ethyl adjacent to an activating group) is 1. The number of rotatable bonds is 7. The molecule has 0 bridgehead atoms. The molecule has 1 saturated heterocycles. The Morgan fingerprint density at radius 2 is 2.11 bits per heavy atom. The van der Waals surface area contributed by atoms with Gasteiger partial charge in [-0.2, -0.15) is 0 Å². The summed E-state index contributed by atoms with van der Waals surface area (Å²) in [6.45, 7) is 8.18. The minimum absolute atomic E-state index is 0.157. The molecule has 0 radical (unpaired) electrons. The number of nitrogens with two attached hydrogens (primary N) is 1. The van der Waals surface area contributed by atoms with Gasteiger partial charge in [0.05, 0.1) is 0 Å². The van der Waals surface area contributed by atoms with Gasteiger partial charge in [0.15, 0.2) is 0 Å². The van der Waals surface area contributed by atoms with E-state index in [1.165, 1.54) is 19.3 Å². The standard InChI is InChI=1S/C15H29N3O/c1-3-12-6-5-9-18(10-12)11-15(14(16)19,17-4-2)13-7-8-13/h12-13,17H,3-11H2,1-2H3,(H2,16,19). The summed E-state index contributed by atoms with van der Waals surface area (Å²) in [7, 11) is 0. The third-order valence-corrected chi connectivity index (χ3v) is 4.86. The summed E-state index contributed by atoms with van der Waals surface area (Å²) in [5.74, 6) is 1.09. The number of piperidine rings is 1. The second kappa shape index (κ2) is 6.23. The van der Waals surface area contributed by atoms with Gasteiger partial charge >= 0.3 is 0 Å². The molecule has 0 aromatic carbocycles. The highest BCUT2D eigenvalue weighted by Crippen LogP contribution is 2.40. The first-order valence-corrected chi connectivity index (χ1v) is 7.89. The van der Waals surface area contributed by atoms with Gasteiger partial charge in [-0.1, -0.05) is 20.3 Å². The van der Waals surface area contributed by atoms with Crippen molar-refractivity contribution in [1.29, 1.82) is 0 Å². The van der Waals surface area contributed by atoms with Crippen molar-refractivity contribution in [3.63, 3.8) is 0 Å². The van der Waals surface area contributed by atoms with E-state index in [4.69, 9.17) is 5.73 Å². The molecule has 2 aliphatic rings. The van der Waals surface area contributed by atoms with E-state index in [2.05, 4.69) is 24.1 Å². The first-order chi connectivity index (χ1) is 9.12. The number of hydrogen-bond donors (Lipinski definition) is 2. The van der Waals surface area contributed by atoms with Gasteiger partial charge in [-0.25, -0.2) is 0 Å². The highest BCUT2D eigenvalue weighted by molar-refractivity contribution is 5.86. The molecule has 0 spiro atoms. The molecule has 2 unspecified atom stereocenters. The molecule has 0 aromatic rings. The monoisotopic (exact) mass is 267 g/mol. The molecule has 4 heteroatoms. The summed E-state index contributed by atoms with van der Waals surface area (Å²) in [5.41, 5.74) is 5.27. The molecule has 1 aliphatic heterocycles. The maximum atomic E-state index is 12.1. The minimum Gasteiger partial charge on any atom is -0.368 e. The maximum absolute atomic E-state index is 12.1. The van der Waals surface area contributed by atoms with Crippen LogP contribution in [0.5, 0.6) is 0 Å². The molecule has 2 rings (SSSR count). The maximum Gasteiger partial charge on any atom is 0.239 e. The molecular formula is C15H29N3O. The van der Waals surface area contributed by atoms with Gasteiger partial charge in [0, 0.05) is 13.1 Å². The van der Waals surface area contributed by atoms with Gasteiger partial charge in [0.1, 0.15) is 5.54 Å². The third kappa shape index (κ3) is 3.29. The Bertz CT molecular complexity index is 317. The molecule has 2 fully saturated rings. The van der Waals surface area contributed by atoms with E-state index in [1.54, 1.807) is 0 Å². The van der Waals surface area contributed by atoms with Crippen LogP contribution >= 0.6 is 0 Å². The van der Waals surface area contributed by atoms with Crippen LogP contribution in [-0.2, 0) is 4.79 Å². The Morgan fingerprint density at radius 3 is 2.63 bits per heavy atom. The summed E-state index contributed by atoms with van der Waals surface area (Å²) in [5, 5.41) is 3.42. The topological polar surface area (TPSA) is 58.4 Å². The van der Waals surface area contributed by atoms with E-state index in [9.17, 15) is 4.79 Å². The summed E-state index contributed by atoms with van der Waals surface area (Å²) in [4.78, 5) is 14.5. The van der Waals surface area contributed by atoms with Gasteiger partial charge in [-0.3, -0.25) is 4.79 Å². The number of carbonyl (C=O) groups excluding carboxylic acids is 1. The zero-order valence-electron chi connectivity index (χ0n) is 12.5. The Morgan fingerprint density at radius 1 is 1.37 bits per heavy atom. The second-order valence-corrected chi connectivity index (χ2v) is 6.29. The molecule has 110 valence electrons. The first-order valence-electron chi connectivity index (χ1n) is 7.89. The predicted molar refractivity (Wildman–Crippen MR) is 77.8 cm³/mol. The molecule has 3 N–H and O–H groups in total. The van der Waals surface area contributed by atoms with E-state index >= 15 is 0 Å². The Balaban J connectivity index is 2.04. The fraction of sp³-hybridized carbons (Fsp3) is 0.933. The van der Waals surface area contributed by atoms with Crippen LogP contribution in [0.1, 0.15) is 46.0 Å². The Labute approximate surface area is 117 Å². The zero-order valence-corrected chi connectivity index (χ0v) is 12.5. The van der Waals surface area contributed by atoms with Crippen molar-refractivity contribution in [2.24, 2.45) is 17.6 Å². The summed E-state index contributed by atoms with van der Waals surface area (Å²) < 4.78 is 0. The van der Waals surface area contributed by atoms with Gasteiger partial charge in [-0.05, 0) is 50.6 Å². The second-order valence-electron chi connectivity index (χ2n) is 6.29. The van der Waals surface area contributed by atoms with Crippen LogP contribution in [0.25, 0.3) is 0 Å². The molecule has 1 saturated carbocycles. The smallest absolute Gasteiger partial charge is 0.239 e. The van der Waals surface area contributed by atoms with Crippen molar-refractivity contribution in [2.75, 3.05) is 26.2 Å². The predicted octanol–water partition coefficient (Wildman–Crippen LogP) is 1.35. The van der Waals surface area contributed by atoms with Crippen molar-refractivity contribution in [3.05, 3.63) is 0 Å². The normalized spacial score (nSPS) is 28.0. The fourth-order valence-corrected chi connectivity index (χ4v) is 3.57. The zero-order chi connectivity index (χ0) is 13.9. The number of nitrogens with one attached hydrogen (secondary N) is 1. The molecule has 0 aromatic heterocycles. The van der Waals surface area contributed by atoms with Gasteiger partial charge in [0.25, 0.3) is 0 Å². The fourth-order valence-electron chi connectivity index (χ4n) is 3.57. The molecule has 1 amide bonds. The SMILES string of the molecule is CCNC(CN1CCCC(CC)C1)(C(N)=O)C1CC1. The summed E-state index contributed by atoms with van der Waals surface area (Å²) in [6.07, 6.45) is 6.11. The third-order valence-electron chi connectivity index (χ3n) is 4.86. The van der Waals surface area contributed by atoms with Crippen LogP contribution in [0, 0.1) is 11.8 Å². The van der Waals surface area contributed by atoms with Crippen molar-refractivity contribution < 1.29 is 4.79 Å². The van der Waals surface area contributed by atoms with E-state index in [1.807, 2.05) is 0 Å². The van der Waals surface area contributed by atoms with Crippen LogP contribution in [-0.4, -0.2) is 42.5 Å². The molecule has 2 atom stereocenters. The lowest BCUT2D eigenvalue weighted by Gasteiger charge is -2.40. The number of nitrogens with zero attached hydrogens (tertiary/aromatic N) is 1.